The second-order valence-electron chi connectivity index (χ2n) is 4.47. The Morgan fingerprint density at radius 3 is 1.95 bits per heavy atom. The number of carbonyl (C=O) groups is 3. The second kappa shape index (κ2) is 10.6. The van der Waals surface area contributed by atoms with Gasteiger partial charge in [-0.15, -0.1) is 0 Å². The van der Waals surface area contributed by atoms with E-state index < -0.39 is 23.7 Å². The highest BCUT2D eigenvalue weighted by atomic mass is 16.8. The Labute approximate surface area is 129 Å². The van der Waals surface area contributed by atoms with Crippen molar-refractivity contribution in [1.29, 1.82) is 0 Å². The maximum Gasteiger partial charge on any atom is 0.392 e. The van der Waals surface area contributed by atoms with Gasteiger partial charge in [0, 0.05) is 25.7 Å². The molecule has 0 rings (SSSR count). The molecule has 1 N–H and O–H groups in total. The molecule has 0 aromatic carbocycles. The standard InChI is InChI=1S/C15H22O7/c1-4-12(17)21-15(3,22-13(18)5-2)14(19)20-11-9-7-6-8-10-16/h4-5,16H,1-2,6-11H2,3H3. The summed E-state index contributed by atoms with van der Waals surface area (Å²) in [5, 5.41) is 8.63. The Balaban J connectivity index is 4.55. The highest BCUT2D eigenvalue weighted by Crippen LogP contribution is 2.17. The van der Waals surface area contributed by atoms with Crippen molar-refractivity contribution in [3.8, 4) is 0 Å². The minimum atomic E-state index is -2.19. The number of ether oxygens (including phenoxy) is 3. The van der Waals surface area contributed by atoms with E-state index >= 15 is 0 Å². The lowest BCUT2D eigenvalue weighted by atomic mass is 10.2. The van der Waals surface area contributed by atoms with Crippen LogP contribution in [0.2, 0.25) is 0 Å². The summed E-state index contributed by atoms with van der Waals surface area (Å²) in [4.78, 5) is 34.5. The molecule has 0 fully saturated rings. The van der Waals surface area contributed by atoms with E-state index in [0.29, 0.717) is 12.8 Å². The summed E-state index contributed by atoms with van der Waals surface area (Å²) >= 11 is 0. The molecule has 0 aliphatic carbocycles. The number of unbranched alkanes of at least 4 members (excludes halogenated alkanes) is 3. The van der Waals surface area contributed by atoms with Crippen LogP contribution in [0.25, 0.3) is 0 Å². The van der Waals surface area contributed by atoms with E-state index in [-0.39, 0.29) is 13.2 Å². The topological polar surface area (TPSA) is 99.1 Å². The van der Waals surface area contributed by atoms with Gasteiger partial charge in [-0.05, 0) is 19.3 Å². The van der Waals surface area contributed by atoms with Crippen LogP contribution in [0.1, 0.15) is 32.6 Å². The Bertz CT molecular complexity index is 392. The Kier molecular flexibility index (Phi) is 9.53. The number of aliphatic hydroxyl groups is 1. The van der Waals surface area contributed by atoms with E-state index in [2.05, 4.69) is 13.2 Å². The van der Waals surface area contributed by atoms with Crippen LogP contribution in [0.15, 0.2) is 25.3 Å². The minimum absolute atomic E-state index is 0.0805. The normalized spacial score (nSPS) is 10.5. The summed E-state index contributed by atoms with van der Waals surface area (Å²) in [5.41, 5.74) is 0. The lowest BCUT2D eigenvalue weighted by Gasteiger charge is -2.25. The molecule has 0 aliphatic heterocycles. The molecule has 0 saturated carbocycles. The lowest BCUT2D eigenvalue weighted by Crippen LogP contribution is -2.45. The molecule has 7 heteroatoms. The van der Waals surface area contributed by atoms with Gasteiger partial charge in [-0.2, -0.15) is 0 Å². The molecule has 0 aliphatic rings. The molecule has 0 spiro atoms. The van der Waals surface area contributed by atoms with Gasteiger partial charge in [0.15, 0.2) is 0 Å². The molecule has 0 bridgehead atoms. The maximum absolute atomic E-state index is 12.0. The van der Waals surface area contributed by atoms with Gasteiger partial charge >= 0.3 is 23.7 Å². The number of aliphatic hydroxyl groups excluding tert-OH is 1. The SMILES string of the molecule is C=CC(=O)OC(C)(OC(=O)C=C)C(=O)OCCCCCCO. The van der Waals surface area contributed by atoms with Crippen LogP contribution in [0.4, 0.5) is 0 Å². The molecule has 0 saturated heterocycles. The number of carbonyl (C=O) groups excluding carboxylic acids is 3. The van der Waals surface area contributed by atoms with Crippen molar-refractivity contribution >= 4 is 17.9 Å². The van der Waals surface area contributed by atoms with Crippen LogP contribution < -0.4 is 0 Å². The Morgan fingerprint density at radius 1 is 1.00 bits per heavy atom. The summed E-state index contributed by atoms with van der Waals surface area (Å²) in [5.74, 6) is -5.06. The molecule has 7 nitrogen and oxygen atoms in total. The fourth-order valence-corrected chi connectivity index (χ4v) is 1.43. The van der Waals surface area contributed by atoms with Gasteiger partial charge in [0.1, 0.15) is 0 Å². The molecule has 22 heavy (non-hydrogen) atoms. The van der Waals surface area contributed by atoms with Crippen LogP contribution in [-0.4, -0.2) is 42.0 Å². The average molecular weight is 314 g/mol. The van der Waals surface area contributed by atoms with Crippen LogP contribution in [0, 0.1) is 0 Å². The van der Waals surface area contributed by atoms with Crippen LogP contribution >= 0.6 is 0 Å². The van der Waals surface area contributed by atoms with Crippen molar-refractivity contribution in [3.63, 3.8) is 0 Å². The number of hydrogen-bond acceptors (Lipinski definition) is 7. The Morgan fingerprint density at radius 2 is 1.50 bits per heavy atom. The minimum Gasteiger partial charge on any atom is -0.460 e. The Hall–Kier alpha value is -2.15. The highest BCUT2D eigenvalue weighted by Gasteiger charge is 2.43. The molecular formula is C15H22O7. The van der Waals surface area contributed by atoms with E-state index in [1.165, 1.54) is 0 Å². The van der Waals surface area contributed by atoms with E-state index in [0.717, 1.165) is 31.9 Å². The molecule has 0 unspecified atom stereocenters. The van der Waals surface area contributed by atoms with E-state index in [4.69, 9.17) is 19.3 Å². The van der Waals surface area contributed by atoms with E-state index in [9.17, 15) is 14.4 Å². The predicted octanol–water partition coefficient (Wildman–Crippen LogP) is 1.26. The number of hydrogen-bond donors (Lipinski definition) is 1. The van der Waals surface area contributed by atoms with Crippen molar-refractivity contribution in [2.75, 3.05) is 13.2 Å². The third-order valence-electron chi connectivity index (χ3n) is 2.58. The van der Waals surface area contributed by atoms with Gasteiger partial charge in [0.2, 0.25) is 0 Å². The molecule has 0 amide bonds. The zero-order valence-corrected chi connectivity index (χ0v) is 12.7. The first-order valence-corrected chi connectivity index (χ1v) is 6.88. The summed E-state index contributed by atoms with van der Waals surface area (Å²) < 4.78 is 14.5. The first-order valence-electron chi connectivity index (χ1n) is 6.88. The molecule has 124 valence electrons. The monoisotopic (exact) mass is 314 g/mol. The quantitative estimate of drug-likeness (QED) is 0.265. The predicted molar refractivity (Wildman–Crippen MR) is 77.5 cm³/mol. The van der Waals surface area contributed by atoms with Gasteiger partial charge in [-0.1, -0.05) is 19.6 Å². The van der Waals surface area contributed by atoms with Gasteiger partial charge in [0.05, 0.1) is 6.61 Å². The van der Waals surface area contributed by atoms with Gasteiger partial charge in [-0.3, -0.25) is 0 Å². The largest absolute Gasteiger partial charge is 0.460 e. The fourth-order valence-electron chi connectivity index (χ4n) is 1.43. The fraction of sp³-hybridized carbons (Fsp3) is 0.533. The van der Waals surface area contributed by atoms with Crippen LogP contribution in [-0.2, 0) is 28.6 Å². The van der Waals surface area contributed by atoms with Gasteiger partial charge < -0.3 is 19.3 Å². The number of rotatable bonds is 11. The summed E-state index contributed by atoms with van der Waals surface area (Å²) in [6.07, 6.45) is 4.50. The summed E-state index contributed by atoms with van der Waals surface area (Å²) in [6, 6.07) is 0. The first-order chi connectivity index (χ1) is 10.4. The number of esters is 3. The van der Waals surface area contributed by atoms with Crippen LogP contribution in [0.3, 0.4) is 0 Å². The molecular weight excluding hydrogens is 292 g/mol. The summed E-state index contributed by atoms with van der Waals surface area (Å²) in [6.45, 7) is 7.70. The zero-order valence-electron chi connectivity index (χ0n) is 12.7. The van der Waals surface area contributed by atoms with Crippen molar-refractivity contribution in [1.82, 2.24) is 0 Å². The van der Waals surface area contributed by atoms with Crippen molar-refractivity contribution in [3.05, 3.63) is 25.3 Å². The first kappa shape index (κ1) is 19.9. The van der Waals surface area contributed by atoms with Gasteiger partial charge in [-0.25, -0.2) is 14.4 Å². The molecule has 0 atom stereocenters. The molecule has 0 radical (unpaired) electrons. The average Bonchev–Trinajstić information content (AvgIpc) is 2.49. The third kappa shape index (κ3) is 7.58. The van der Waals surface area contributed by atoms with E-state index in [1.54, 1.807) is 0 Å². The highest BCUT2D eigenvalue weighted by molar-refractivity contribution is 5.89. The van der Waals surface area contributed by atoms with Crippen molar-refractivity contribution in [2.45, 2.75) is 38.4 Å². The third-order valence-corrected chi connectivity index (χ3v) is 2.58. The maximum atomic E-state index is 12.0. The molecule has 0 heterocycles. The smallest absolute Gasteiger partial charge is 0.392 e. The van der Waals surface area contributed by atoms with Crippen molar-refractivity contribution < 1.29 is 33.7 Å². The lowest BCUT2D eigenvalue weighted by molar-refractivity contribution is -0.230. The summed E-state index contributed by atoms with van der Waals surface area (Å²) in [7, 11) is 0. The molecule has 0 aromatic rings. The zero-order chi connectivity index (χ0) is 17.0. The van der Waals surface area contributed by atoms with Crippen molar-refractivity contribution in [2.24, 2.45) is 0 Å². The van der Waals surface area contributed by atoms with Crippen LogP contribution in [0.5, 0.6) is 0 Å². The molecule has 0 aromatic heterocycles. The van der Waals surface area contributed by atoms with E-state index in [1.807, 2.05) is 0 Å². The second-order valence-corrected chi connectivity index (χ2v) is 4.47. The van der Waals surface area contributed by atoms with Gasteiger partial charge in [0.25, 0.3) is 0 Å².